The Labute approximate surface area is 153 Å². The van der Waals surface area contributed by atoms with Crippen molar-refractivity contribution in [3.63, 3.8) is 0 Å². The summed E-state index contributed by atoms with van der Waals surface area (Å²) in [6, 6.07) is 0.0152. The van der Waals surface area contributed by atoms with E-state index in [0.29, 0.717) is 18.3 Å². The van der Waals surface area contributed by atoms with Gasteiger partial charge in [-0.05, 0) is 31.1 Å². The number of likely N-dealkylation sites (N-methyl/N-ethyl adjacent to an activating group) is 1. The second-order valence-electron chi connectivity index (χ2n) is 8.26. The van der Waals surface area contributed by atoms with E-state index < -0.39 is 0 Å². The molecule has 1 atom stereocenters. The number of piperazine rings is 1. The molecule has 1 heterocycles. The van der Waals surface area contributed by atoms with Crippen molar-refractivity contribution >= 4 is 11.8 Å². The predicted molar refractivity (Wildman–Crippen MR) is 101 cm³/mol. The Balaban J connectivity index is 1.99. The zero-order valence-electron chi connectivity index (χ0n) is 16.7. The SMILES string of the molecule is CCCN(C)C(=O)C(C1CCCC1)N1CCN(C(=O)CC(C)C)CC1. The quantitative estimate of drug-likeness (QED) is 0.708. The Morgan fingerprint density at radius 3 is 2.20 bits per heavy atom. The van der Waals surface area contributed by atoms with E-state index in [2.05, 4.69) is 25.7 Å². The highest BCUT2D eigenvalue weighted by molar-refractivity contribution is 5.82. The fourth-order valence-electron chi connectivity index (χ4n) is 4.33. The molecule has 2 aliphatic rings. The smallest absolute Gasteiger partial charge is 0.239 e. The number of hydrogen-bond donors (Lipinski definition) is 0. The lowest BCUT2D eigenvalue weighted by Gasteiger charge is -2.42. The van der Waals surface area contributed by atoms with Crippen LogP contribution in [0.15, 0.2) is 0 Å². The van der Waals surface area contributed by atoms with E-state index in [1.54, 1.807) is 0 Å². The van der Waals surface area contributed by atoms with Gasteiger partial charge in [0.2, 0.25) is 11.8 Å². The fourth-order valence-corrected chi connectivity index (χ4v) is 4.33. The third kappa shape index (κ3) is 5.44. The Morgan fingerprint density at radius 1 is 1.08 bits per heavy atom. The summed E-state index contributed by atoms with van der Waals surface area (Å²) in [5, 5.41) is 0. The van der Waals surface area contributed by atoms with Gasteiger partial charge >= 0.3 is 0 Å². The van der Waals surface area contributed by atoms with Gasteiger partial charge in [-0.2, -0.15) is 0 Å². The topological polar surface area (TPSA) is 43.9 Å². The van der Waals surface area contributed by atoms with E-state index in [9.17, 15) is 9.59 Å². The maximum atomic E-state index is 13.1. The number of carbonyl (C=O) groups excluding carboxylic acids is 2. The van der Waals surface area contributed by atoms with E-state index in [-0.39, 0.29) is 17.9 Å². The highest BCUT2D eigenvalue weighted by Gasteiger charge is 2.38. The third-order valence-corrected chi connectivity index (χ3v) is 5.68. The number of hydrogen-bond acceptors (Lipinski definition) is 3. The van der Waals surface area contributed by atoms with Crippen molar-refractivity contribution in [3.05, 3.63) is 0 Å². The van der Waals surface area contributed by atoms with Crippen LogP contribution in [0.5, 0.6) is 0 Å². The molecule has 1 unspecified atom stereocenters. The molecule has 2 fully saturated rings. The van der Waals surface area contributed by atoms with Crippen LogP contribution in [0.2, 0.25) is 0 Å². The van der Waals surface area contributed by atoms with E-state index in [4.69, 9.17) is 0 Å². The molecule has 1 aliphatic heterocycles. The van der Waals surface area contributed by atoms with Gasteiger partial charge < -0.3 is 9.80 Å². The second kappa shape index (κ2) is 9.56. The Kier molecular flexibility index (Phi) is 7.73. The van der Waals surface area contributed by atoms with Crippen molar-refractivity contribution in [1.29, 1.82) is 0 Å². The maximum Gasteiger partial charge on any atom is 0.239 e. The van der Waals surface area contributed by atoms with E-state index >= 15 is 0 Å². The van der Waals surface area contributed by atoms with Gasteiger partial charge in [0.1, 0.15) is 0 Å². The molecule has 1 saturated carbocycles. The number of rotatable bonds is 7. The van der Waals surface area contributed by atoms with Crippen LogP contribution in [0.4, 0.5) is 0 Å². The van der Waals surface area contributed by atoms with Gasteiger partial charge in [-0.15, -0.1) is 0 Å². The minimum atomic E-state index is 0.0152. The van der Waals surface area contributed by atoms with Gasteiger partial charge in [0.05, 0.1) is 6.04 Å². The first-order valence-corrected chi connectivity index (χ1v) is 10.2. The minimum absolute atomic E-state index is 0.0152. The maximum absolute atomic E-state index is 13.1. The molecule has 0 aromatic carbocycles. The van der Waals surface area contributed by atoms with Gasteiger partial charge in [-0.25, -0.2) is 0 Å². The fraction of sp³-hybridized carbons (Fsp3) is 0.900. The first-order valence-electron chi connectivity index (χ1n) is 10.2. The lowest BCUT2D eigenvalue weighted by Crippen LogP contribution is -2.58. The van der Waals surface area contributed by atoms with Gasteiger partial charge in [0.15, 0.2) is 0 Å². The van der Waals surface area contributed by atoms with Gasteiger partial charge in [0, 0.05) is 46.2 Å². The van der Waals surface area contributed by atoms with Crippen LogP contribution in [0.1, 0.15) is 59.3 Å². The summed E-state index contributed by atoms with van der Waals surface area (Å²) < 4.78 is 0. The molecule has 1 saturated heterocycles. The van der Waals surface area contributed by atoms with Crippen molar-refractivity contribution in [3.8, 4) is 0 Å². The summed E-state index contributed by atoms with van der Waals surface area (Å²) >= 11 is 0. The molecule has 0 bridgehead atoms. The molecule has 0 spiro atoms. The number of carbonyl (C=O) groups is 2. The highest BCUT2D eigenvalue weighted by atomic mass is 16.2. The largest absolute Gasteiger partial charge is 0.344 e. The van der Waals surface area contributed by atoms with Crippen LogP contribution in [-0.4, -0.2) is 72.3 Å². The summed E-state index contributed by atoms with van der Waals surface area (Å²) in [4.78, 5) is 31.7. The Morgan fingerprint density at radius 2 is 1.68 bits per heavy atom. The number of nitrogens with zero attached hydrogens (tertiary/aromatic N) is 3. The lowest BCUT2D eigenvalue weighted by molar-refractivity contribution is -0.140. The van der Waals surface area contributed by atoms with Crippen LogP contribution in [0.25, 0.3) is 0 Å². The van der Waals surface area contributed by atoms with Crippen molar-refractivity contribution in [2.45, 2.75) is 65.3 Å². The van der Waals surface area contributed by atoms with Crippen molar-refractivity contribution < 1.29 is 9.59 Å². The molecule has 0 radical (unpaired) electrons. The van der Waals surface area contributed by atoms with Crippen molar-refractivity contribution in [2.75, 3.05) is 39.8 Å². The number of amides is 2. The summed E-state index contributed by atoms with van der Waals surface area (Å²) in [6.07, 6.45) is 6.46. The predicted octanol–water partition coefficient (Wildman–Crippen LogP) is 2.60. The summed E-state index contributed by atoms with van der Waals surface area (Å²) in [5.74, 6) is 1.45. The molecule has 2 amide bonds. The average molecular weight is 352 g/mol. The highest BCUT2D eigenvalue weighted by Crippen LogP contribution is 2.32. The van der Waals surface area contributed by atoms with Gasteiger partial charge in [-0.3, -0.25) is 14.5 Å². The van der Waals surface area contributed by atoms with Gasteiger partial charge in [-0.1, -0.05) is 33.6 Å². The lowest BCUT2D eigenvalue weighted by atomic mass is 9.94. The van der Waals surface area contributed by atoms with E-state index in [1.165, 1.54) is 25.7 Å². The third-order valence-electron chi connectivity index (χ3n) is 5.68. The zero-order valence-corrected chi connectivity index (χ0v) is 16.7. The van der Waals surface area contributed by atoms with E-state index in [1.807, 2.05) is 16.8 Å². The first kappa shape index (κ1) is 20.2. The van der Waals surface area contributed by atoms with Crippen LogP contribution in [0.3, 0.4) is 0 Å². The Bertz CT molecular complexity index is 438. The zero-order chi connectivity index (χ0) is 18.4. The van der Waals surface area contributed by atoms with Crippen molar-refractivity contribution in [2.24, 2.45) is 11.8 Å². The molecule has 25 heavy (non-hydrogen) atoms. The second-order valence-corrected chi connectivity index (χ2v) is 8.26. The van der Waals surface area contributed by atoms with Gasteiger partial charge in [0.25, 0.3) is 0 Å². The minimum Gasteiger partial charge on any atom is -0.344 e. The summed E-state index contributed by atoms with van der Waals surface area (Å²) in [6.45, 7) is 10.3. The molecule has 144 valence electrons. The van der Waals surface area contributed by atoms with Crippen LogP contribution >= 0.6 is 0 Å². The van der Waals surface area contributed by atoms with E-state index in [0.717, 1.165) is 39.1 Å². The average Bonchev–Trinajstić information content (AvgIpc) is 3.09. The molecule has 5 heteroatoms. The molecule has 0 aromatic rings. The molecule has 0 N–H and O–H groups in total. The Hall–Kier alpha value is -1.10. The summed E-state index contributed by atoms with van der Waals surface area (Å²) in [7, 11) is 1.94. The molecule has 2 rings (SSSR count). The van der Waals surface area contributed by atoms with Crippen LogP contribution < -0.4 is 0 Å². The van der Waals surface area contributed by atoms with Crippen molar-refractivity contribution in [1.82, 2.24) is 14.7 Å². The molecule has 5 nitrogen and oxygen atoms in total. The molecule has 1 aliphatic carbocycles. The monoisotopic (exact) mass is 351 g/mol. The molecular weight excluding hydrogens is 314 g/mol. The normalized spacial score (nSPS) is 20.9. The molecular formula is C20H37N3O2. The summed E-state index contributed by atoms with van der Waals surface area (Å²) in [5.41, 5.74) is 0. The standard InChI is InChI=1S/C20H37N3O2/c1-5-10-21(4)20(25)19(17-8-6-7-9-17)23-13-11-22(12-14-23)18(24)15-16(2)3/h16-17,19H,5-15H2,1-4H3. The van der Waals surface area contributed by atoms with Crippen LogP contribution in [-0.2, 0) is 9.59 Å². The molecule has 0 aromatic heterocycles. The van der Waals surface area contributed by atoms with Crippen LogP contribution in [0, 0.1) is 11.8 Å². The first-order chi connectivity index (χ1) is 11.9.